The third-order valence-electron chi connectivity index (χ3n) is 4.73. The number of nitrogens with one attached hydrogen (secondary N) is 1. The van der Waals surface area contributed by atoms with E-state index in [-0.39, 0.29) is 0 Å². The summed E-state index contributed by atoms with van der Waals surface area (Å²) in [7, 11) is 0. The molecule has 3 atom stereocenters. The maximum Gasteiger partial charge on any atom is 0.0700 e. The van der Waals surface area contributed by atoms with Crippen LogP contribution in [0, 0.1) is 5.92 Å². The minimum atomic E-state index is 0.396. The molecule has 18 heavy (non-hydrogen) atoms. The summed E-state index contributed by atoms with van der Waals surface area (Å²) in [5.74, 6) is 0.853. The highest BCUT2D eigenvalue weighted by Crippen LogP contribution is 2.22. The Balaban J connectivity index is 1.71. The van der Waals surface area contributed by atoms with Crippen molar-refractivity contribution >= 4 is 0 Å². The lowest BCUT2D eigenvalue weighted by atomic mass is 9.89. The fourth-order valence-electron chi connectivity index (χ4n) is 3.42. The number of nitrogens with zero attached hydrogens (tertiary/aromatic N) is 1. The molecular formula is C15H30N2O. The van der Waals surface area contributed by atoms with Crippen LogP contribution in [0.1, 0.15) is 46.5 Å². The molecule has 1 N–H and O–H groups in total. The molecule has 2 aliphatic rings. The third kappa shape index (κ3) is 3.69. The summed E-state index contributed by atoms with van der Waals surface area (Å²) in [6.45, 7) is 11.6. The van der Waals surface area contributed by atoms with E-state index in [0.29, 0.717) is 18.2 Å². The van der Waals surface area contributed by atoms with Gasteiger partial charge >= 0.3 is 0 Å². The number of ether oxygens (including phenoxy) is 1. The van der Waals surface area contributed by atoms with Gasteiger partial charge in [-0.3, -0.25) is 0 Å². The van der Waals surface area contributed by atoms with Gasteiger partial charge in [-0.2, -0.15) is 0 Å². The lowest BCUT2D eigenvalue weighted by Crippen LogP contribution is -2.47. The van der Waals surface area contributed by atoms with Gasteiger partial charge in [0.1, 0.15) is 0 Å². The molecule has 2 rings (SSSR count). The number of likely N-dealkylation sites (tertiary alicyclic amines) is 1. The van der Waals surface area contributed by atoms with Crippen molar-refractivity contribution in [2.75, 3.05) is 26.2 Å². The highest BCUT2D eigenvalue weighted by Gasteiger charge is 2.29. The fourth-order valence-corrected chi connectivity index (χ4v) is 3.42. The summed E-state index contributed by atoms with van der Waals surface area (Å²) in [4.78, 5) is 2.62. The first-order valence-electron chi connectivity index (χ1n) is 7.80. The van der Waals surface area contributed by atoms with Crippen LogP contribution in [0.4, 0.5) is 0 Å². The standard InChI is InChI=1S/C15H30N2O/c1-4-8-17-9-5-14(6-10-17)12(2)16-15-7-11-18-13(15)3/h12-16H,4-11H2,1-3H3. The average Bonchev–Trinajstić information content (AvgIpc) is 2.76. The zero-order valence-corrected chi connectivity index (χ0v) is 12.3. The molecule has 0 bridgehead atoms. The molecule has 2 aliphatic heterocycles. The number of hydrogen-bond donors (Lipinski definition) is 1. The van der Waals surface area contributed by atoms with Gasteiger partial charge in [0.2, 0.25) is 0 Å². The molecular weight excluding hydrogens is 224 g/mol. The minimum Gasteiger partial charge on any atom is -0.377 e. The Morgan fingerprint density at radius 1 is 1.28 bits per heavy atom. The van der Waals surface area contributed by atoms with Gasteiger partial charge in [0.05, 0.1) is 6.10 Å². The monoisotopic (exact) mass is 254 g/mol. The number of piperidine rings is 1. The van der Waals surface area contributed by atoms with Gasteiger partial charge < -0.3 is 15.0 Å². The Bertz CT molecular complexity index is 239. The summed E-state index contributed by atoms with van der Waals surface area (Å²) in [6, 6.07) is 1.22. The van der Waals surface area contributed by atoms with E-state index in [2.05, 4.69) is 31.0 Å². The molecule has 3 nitrogen and oxygen atoms in total. The second-order valence-corrected chi connectivity index (χ2v) is 6.11. The second kappa shape index (κ2) is 6.88. The molecule has 3 heteroatoms. The van der Waals surface area contributed by atoms with E-state index in [1.807, 2.05) is 0 Å². The highest BCUT2D eigenvalue weighted by molar-refractivity contribution is 4.86. The molecule has 2 fully saturated rings. The minimum absolute atomic E-state index is 0.396. The first-order valence-corrected chi connectivity index (χ1v) is 7.80. The lowest BCUT2D eigenvalue weighted by Gasteiger charge is -2.36. The quantitative estimate of drug-likeness (QED) is 0.814. The van der Waals surface area contributed by atoms with E-state index < -0.39 is 0 Å². The van der Waals surface area contributed by atoms with Gasteiger partial charge in [-0.25, -0.2) is 0 Å². The highest BCUT2D eigenvalue weighted by atomic mass is 16.5. The molecule has 0 aliphatic carbocycles. The Labute approximate surface area is 112 Å². The van der Waals surface area contributed by atoms with E-state index >= 15 is 0 Å². The van der Waals surface area contributed by atoms with Gasteiger partial charge in [-0.15, -0.1) is 0 Å². The Hall–Kier alpha value is -0.120. The van der Waals surface area contributed by atoms with Crippen molar-refractivity contribution < 1.29 is 4.74 Å². The average molecular weight is 254 g/mol. The molecule has 2 saturated heterocycles. The first-order chi connectivity index (χ1) is 8.70. The van der Waals surface area contributed by atoms with Crippen molar-refractivity contribution in [1.82, 2.24) is 10.2 Å². The van der Waals surface area contributed by atoms with E-state index in [1.165, 1.54) is 45.3 Å². The molecule has 0 aromatic rings. The van der Waals surface area contributed by atoms with Crippen molar-refractivity contribution in [2.24, 2.45) is 5.92 Å². The van der Waals surface area contributed by atoms with E-state index in [4.69, 9.17) is 4.74 Å². The molecule has 0 radical (unpaired) electrons. The smallest absolute Gasteiger partial charge is 0.0700 e. The number of hydrogen-bond acceptors (Lipinski definition) is 3. The largest absolute Gasteiger partial charge is 0.377 e. The van der Waals surface area contributed by atoms with Gasteiger partial charge in [0.15, 0.2) is 0 Å². The zero-order valence-electron chi connectivity index (χ0n) is 12.3. The summed E-state index contributed by atoms with van der Waals surface area (Å²) >= 11 is 0. The maximum absolute atomic E-state index is 5.63. The SMILES string of the molecule is CCCN1CCC(C(C)NC2CCOC2C)CC1. The van der Waals surface area contributed by atoms with Crippen molar-refractivity contribution in [3.8, 4) is 0 Å². The summed E-state index contributed by atoms with van der Waals surface area (Å²) in [6.07, 6.45) is 5.58. The Morgan fingerprint density at radius 2 is 2.00 bits per heavy atom. The Kier molecular flexibility index (Phi) is 5.46. The van der Waals surface area contributed by atoms with E-state index in [9.17, 15) is 0 Å². The van der Waals surface area contributed by atoms with Crippen LogP contribution < -0.4 is 5.32 Å². The molecule has 0 saturated carbocycles. The van der Waals surface area contributed by atoms with Crippen LogP contribution in [0.3, 0.4) is 0 Å². The van der Waals surface area contributed by atoms with Crippen LogP contribution in [0.15, 0.2) is 0 Å². The molecule has 0 aromatic carbocycles. The summed E-state index contributed by atoms with van der Waals surface area (Å²) < 4.78 is 5.63. The van der Waals surface area contributed by atoms with Crippen LogP contribution in [0.2, 0.25) is 0 Å². The normalized spacial score (nSPS) is 32.8. The molecule has 106 valence electrons. The fraction of sp³-hybridized carbons (Fsp3) is 1.00. The summed E-state index contributed by atoms with van der Waals surface area (Å²) in [5.41, 5.74) is 0. The molecule has 3 unspecified atom stereocenters. The first kappa shape index (κ1) is 14.3. The van der Waals surface area contributed by atoms with Crippen LogP contribution in [-0.2, 0) is 4.74 Å². The lowest BCUT2D eigenvalue weighted by molar-refractivity contribution is 0.104. The van der Waals surface area contributed by atoms with Crippen LogP contribution >= 0.6 is 0 Å². The van der Waals surface area contributed by atoms with Crippen molar-refractivity contribution in [2.45, 2.75) is 64.6 Å². The van der Waals surface area contributed by atoms with Crippen LogP contribution in [0.5, 0.6) is 0 Å². The Morgan fingerprint density at radius 3 is 2.56 bits per heavy atom. The van der Waals surface area contributed by atoms with Crippen LogP contribution in [-0.4, -0.2) is 49.3 Å². The van der Waals surface area contributed by atoms with Gasteiger partial charge in [0, 0.05) is 18.7 Å². The molecule has 0 spiro atoms. The topological polar surface area (TPSA) is 24.5 Å². The predicted molar refractivity (Wildman–Crippen MR) is 75.9 cm³/mol. The molecule has 0 amide bonds. The van der Waals surface area contributed by atoms with Gasteiger partial charge in [0.25, 0.3) is 0 Å². The van der Waals surface area contributed by atoms with E-state index in [0.717, 1.165) is 12.5 Å². The molecule has 2 heterocycles. The van der Waals surface area contributed by atoms with Crippen molar-refractivity contribution in [3.63, 3.8) is 0 Å². The van der Waals surface area contributed by atoms with Gasteiger partial charge in [-0.05, 0) is 65.1 Å². The van der Waals surface area contributed by atoms with Crippen molar-refractivity contribution in [1.29, 1.82) is 0 Å². The predicted octanol–water partition coefficient (Wildman–Crippen LogP) is 2.26. The maximum atomic E-state index is 5.63. The van der Waals surface area contributed by atoms with Crippen molar-refractivity contribution in [3.05, 3.63) is 0 Å². The number of rotatable bonds is 5. The molecule has 0 aromatic heterocycles. The van der Waals surface area contributed by atoms with Crippen LogP contribution in [0.25, 0.3) is 0 Å². The van der Waals surface area contributed by atoms with E-state index in [1.54, 1.807) is 0 Å². The zero-order chi connectivity index (χ0) is 13.0. The third-order valence-corrected chi connectivity index (χ3v) is 4.73. The second-order valence-electron chi connectivity index (χ2n) is 6.11. The summed E-state index contributed by atoms with van der Waals surface area (Å²) in [5, 5.41) is 3.80. The van der Waals surface area contributed by atoms with Gasteiger partial charge in [-0.1, -0.05) is 6.92 Å².